The van der Waals surface area contributed by atoms with Crippen molar-refractivity contribution in [2.75, 3.05) is 13.1 Å². The van der Waals surface area contributed by atoms with Gasteiger partial charge in [0.25, 0.3) is 0 Å². The number of aryl methyl sites for hydroxylation is 1. The molecule has 1 N–H and O–H groups in total. The van der Waals surface area contributed by atoms with Crippen LogP contribution in [0.2, 0.25) is 5.02 Å². The van der Waals surface area contributed by atoms with Gasteiger partial charge < -0.3 is 5.32 Å². The zero-order valence-corrected chi connectivity index (χ0v) is 9.57. The van der Waals surface area contributed by atoms with Crippen LogP contribution in [0, 0.1) is 6.92 Å². The van der Waals surface area contributed by atoms with Crippen molar-refractivity contribution in [3.8, 4) is 0 Å². The Kier molecular flexibility index (Phi) is 2.98. The lowest BCUT2D eigenvalue weighted by Gasteiger charge is -2.18. The molecule has 0 aromatic heterocycles. The van der Waals surface area contributed by atoms with Crippen molar-refractivity contribution >= 4 is 11.6 Å². The molecule has 3 heteroatoms. The fourth-order valence-electron chi connectivity index (χ4n) is 2.00. The van der Waals surface area contributed by atoms with Crippen LogP contribution < -0.4 is 5.32 Å². The Morgan fingerprint density at radius 2 is 2.33 bits per heavy atom. The summed E-state index contributed by atoms with van der Waals surface area (Å²) in [6, 6.07) is 5.80. The first-order valence-electron chi connectivity index (χ1n) is 5.24. The Labute approximate surface area is 94.6 Å². The van der Waals surface area contributed by atoms with Gasteiger partial charge in [0.15, 0.2) is 0 Å². The molecule has 15 heavy (non-hydrogen) atoms. The summed E-state index contributed by atoms with van der Waals surface area (Å²) in [5.41, 5.74) is 0.911. The van der Waals surface area contributed by atoms with Crippen molar-refractivity contribution in [1.82, 2.24) is 5.32 Å². The smallest absolute Gasteiger partial charge is 0.128 e. The topological polar surface area (TPSA) is 12.0 Å². The van der Waals surface area contributed by atoms with Gasteiger partial charge in [-0.25, -0.2) is 4.39 Å². The normalized spacial score (nSPS) is 25.8. The van der Waals surface area contributed by atoms with E-state index in [1.165, 1.54) is 0 Å². The Hall–Kier alpha value is -0.600. The second-order valence-corrected chi connectivity index (χ2v) is 4.76. The quantitative estimate of drug-likeness (QED) is 0.819. The summed E-state index contributed by atoms with van der Waals surface area (Å²) in [5.74, 6) is 0. The van der Waals surface area contributed by atoms with E-state index in [4.69, 9.17) is 11.6 Å². The minimum atomic E-state index is -1.11. The number of halogens is 2. The first-order chi connectivity index (χ1) is 7.09. The second-order valence-electron chi connectivity index (χ2n) is 4.35. The van der Waals surface area contributed by atoms with Gasteiger partial charge in [-0.15, -0.1) is 0 Å². The number of hydrogen-bond donors (Lipinski definition) is 1. The molecular weight excluding hydrogens is 213 g/mol. The second kappa shape index (κ2) is 4.11. The van der Waals surface area contributed by atoms with Gasteiger partial charge in [0, 0.05) is 18.0 Å². The van der Waals surface area contributed by atoms with Gasteiger partial charge in [0.05, 0.1) is 0 Å². The lowest BCUT2D eigenvalue weighted by molar-refractivity contribution is 0.190. The summed E-state index contributed by atoms with van der Waals surface area (Å²) in [6.45, 7) is 3.19. The average molecular weight is 228 g/mol. The zero-order valence-electron chi connectivity index (χ0n) is 8.82. The monoisotopic (exact) mass is 227 g/mol. The maximum atomic E-state index is 14.2. The van der Waals surface area contributed by atoms with E-state index in [-0.39, 0.29) is 0 Å². The van der Waals surface area contributed by atoms with Gasteiger partial charge in [0.2, 0.25) is 0 Å². The molecule has 0 radical (unpaired) electrons. The van der Waals surface area contributed by atoms with Crippen molar-refractivity contribution < 1.29 is 4.39 Å². The van der Waals surface area contributed by atoms with Crippen LogP contribution in [0.1, 0.15) is 17.5 Å². The van der Waals surface area contributed by atoms with Crippen LogP contribution in [0.15, 0.2) is 18.2 Å². The van der Waals surface area contributed by atoms with Crippen LogP contribution in [-0.4, -0.2) is 18.8 Å². The van der Waals surface area contributed by atoms with Gasteiger partial charge >= 0.3 is 0 Å². The van der Waals surface area contributed by atoms with Crippen LogP contribution >= 0.6 is 11.6 Å². The van der Waals surface area contributed by atoms with Gasteiger partial charge in [0.1, 0.15) is 5.67 Å². The third kappa shape index (κ3) is 2.50. The Bertz CT molecular complexity index is 359. The third-order valence-corrected chi connectivity index (χ3v) is 3.26. The van der Waals surface area contributed by atoms with Crippen molar-refractivity contribution in [3.63, 3.8) is 0 Å². The van der Waals surface area contributed by atoms with E-state index in [9.17, 15) is 4.39 Å². The predicted octanol–water partition coefficient (Wildman–Crippen LogP) is 2.89. The highest BCUT2D eigenvalue weighted by Crippen LogP contribution is 2.28. The minimum absolute atomic E-state index is 0.416. The molecule has 1 unspecified atom stereocenters. The molecule has 1 saturated heterocycles. The number of benzene rings is 1. The molecule has 1 aromatic carbocycles. The fourth-order valence-corrected chi connectivity index (χ4v) is 2.30. The standard InChI is InChI=1S/C12H15ClFN/c1-9-2-3-10(11(13)6-9)7-12(14)4-5-15-8-12/h2-3,6,15H,4-5,7-8H2,1H3. The Morgan fingerprint density at radius 1 is 1.53 bits per heavy atom. The summed E-state index contributed by atoms with van der Waals surface area (Å²) < 4.78 is 14.2. The van der Waals surface area contributed by atoms with Crippen LogP contribution in [0.5, 0.6) is 0 Å². The average Bonchev–Trinajstić information content (AvgIpc) is 2.58. The number of hydrogen-bond acceptors (Lipinski definition) is 1. The molecule has 0 aliphatic carbocycles. The summed E-state index contributed by atoms with van der Waals surface area (Å²) in [4.78, 5) is 0. The number of nitrogens with one attached hydrogen (secondary N) is 1. The molecule has 0 saturated carbocycles. The van der Waals surface area contributed by atoms with E-state index in [1.54, 1.807) is 0 Å². The summed E-state index contributed by atoms with van der Waals surface area (Å²) in [6.07, 6.45) is 0.996. The predicted molar refractivity (Wildman–Crippen MR) is 61.2 cm³/mol. The number of rotatable bonds is 2. The van der Waals surface area contributed by atoms with E-state index in [2.05, 4.69) is 5.32 Å². The first-order valence-corrected chi connectivity index (χ1v) is 5.62. The SMILES string of the molecule is Cc1ccc(CC2(F)CCNC2)c(Cl)c1. The molecule has 82 valence electrons. The molecular formula is C12H15ClFN. The van der Waals surface area contributed by atoms with Gasteiger partial charge in [-0.2, -0.15) is 0 Å². The largest absolute Gasteiger partial charge is 0.313 e. The molecule has 1 fully saturated rings. The summed E-state index contributed by atoms with van der Waals surface area (Å²) >= 11 is 6.08. The fraction of sp³-hybridized carbons (Fsp3) is 0.500. The minimum Gasteiger partial charge on any atom is -0.313 e. The summed E-state index contributed by atoms with van der Waals surface area (Å²) in [5, 5.41) is 3.73. The molecule has 1 aliphatic heterocycles. The van der Waals surface area contributed by atoms with Crippen LogP contribution in [-0.2, 0) is 6.42 Å². The highest BCUT2D eigenvalue weighted by molar-refractivity contribution is 6.31. The highest BCUT2D eigenvalue weighted by Gasteiger charge is 2.34. The van der Waals surface area contributed by atoms with E-state index >= 15 is 0 Å². The Morgan fingerprint density at radius 3 is 2.93 bits per heavy atom. The molecule has 1 atom stereocenters. The van der Waals surface area contributed by atoms with Gasteiger partial charge in [-0.05, 0) is 37.1 Å². The lowest BCUT2D eigenvalue weighted by atomic mass is 9.95. The van der Waals surface area contributed by atoms with Crippen LogP contribution in [0.3, 0.4) is 0 Å². The Balaban J connectivity index is 2.16. The van der Waals surface area contributed by atoms with Crippen molar-refractivity contribution in [2.45, 2.75) is 25.4 Å². The first kappa shape index (κ1) is 10.9. The molecule has 0 bridgehead atoms. The number of alkyl halides is 1. The molecule has 0 spiro atoms. The molecule has 1 aromatic rings. The lowest BCUT2D eigenvalue weighted by Crippen LogP contribution is -2.28. The van der Waals surface area contributed by atoms with E-state index < -0.39 is 5.67 Å². The van der Waals surface area contributed by atoms with Gasteiger partial charge in [-0.1, -0.05) is 23.7 Å². The van der Waals surface area contributed by atoms with Crippen molar-refractivity contribution in [3.05, 3.63) is 34.3 Å². The molecule has 2 rings (SSSR count). The maximum absolute atomic E-state index is 14.2. The molecule has 0 amide bonds. The molecule has 1 heterocycles. The third-order valence-electron chi connectivity index (χ3n) is 2.91. The van der Waals surface area contributed by atoms with Crippen molar-refractivity contribution in [2.24, 2.45) is 0 Å². The maximum Gasteiger partial charge on any atom is 0.128 e. The van der Waals surface area contributed by atoms with E-state index in [0.29, 0.717) is 24.4 Å². The highest BCUT2D eigenvalue weighted by atomic mass is 35.5. The molecule has 1 nitrogen and oxygen atoms in total. The van der Waals surface area contributed by atoms with E-state index in [1.807, 2.05) is 25.1 Å². The van der Waals surface area contributed by atoms with Crippen molar-refractivity contribution in [1.29, 1.82) is 0 Å². The van der Waals surface area contributed by atoms with E-state index in [0.717, 1.165) is 17.7 Å². The summed E-state index contributed by atoms with van der Waals surface area (Å²) in [7, 11) is 0. The van der Waals surface area contributed by atoms with Gasteiger partial charge in [-0.3, -0.25) is 0 Å². The molecule has 1 aliphatic rings. The van der Waals surface area contributed by atoms with Crippen LogP contribution in [0.25, 0.3) is 0 Å². The zero-order chi connectivity index (χ0) is 10.9. The van der Waals surface area contributed by atoms with Crippen LogP contribution in [0.4, 0.5) is 4.39 Å².